The number of benzene rings is 2. The molecule has 0 aliphatic carbocycles. The second-order valence-corrected chi connectivity index (χ2v) is 5.38. The molecule has 0 unspecified atom stereocenters. The van der Waals surface area contributed by atoms with Gasteiger partial charge in [0.05, 0.1) is 11.4 Å². The molecule has 0 radical (unpaired) electrons. The molecule has 25 heavy (non-hydrogen) atoms. The van der Waals surface area contributed by atoms with Gasteiger partial charge in [0.25, 0.3) is 0 Å². The van der Waals surface area contributed by atoms with Crippen molar-refractivity contribution >= 4 is 12.2 Å². The zero-order chi connectivity index (χ0) is 17.1. The lowest BCUT2D eigenvalue weighted by Crippen LogP contribution is -1.94. The number of nitrogens with zero attached hydrogens (tertiary/aromatic N) is 3. The van der Waals surface area contributed by atoms with Crippen molar-refractivity contribution in [2.24, 2.45) is 0 Å². The van der Waals surface area contributed by atoms with Gasteiger partial charge < -0.3 is 4.52 Å². The van der Waals surface area contributed by atoms with Crippen molar-refractivity contribution in [3.8, 4) is 16.9 Å². The van der Waals surface area contributed by atoms with Gasteiger partial charge in [0.2, 0.25) is 0 Å². The van der Waals surface area contributed by atoms with Gasteiger partial charge in [0.15, 0.2) is 5.82 Å². The standard InChI is InChI=1S/C19H14N4O2/c24-19-20-17(22-25-19)12-11-15-13-23(16-9-5-2-6-10-16)21-18(15)14-7-3-1-4-8-14/h1-13H,(H,20,22,24)/b12-11+. The first-order valence-electron chi connectivity index (χ1n) is 7.74. The Morgan fingerprint density at radius 2 is 1.68 bits per heavy atom. The van der Waals surface area contributed by atoms with Gasteiger partial charge in [-0.3, -0.25) is 0 Å². The van der Waals surface area contributed by atoms with E-state index in [4.69, 9.17) is 5.10 Å². The summed E-state index contributed by atoms with van der Waals surface area (Å²) >= 11 is 0. The summed E-state index contributed by atoms with van der Waals surface area (Å²) < 4.78 is 6.41. The van der Waals surface area contributed by atoms with Crippen LogP contribution in [0, 0.1) is 0 Å². The van der Waals surface area contributed by atoms with Crippen LogP contribution in [0.5, 0.6) is 0 Å². The SMILES string of the molecule is O=c1nc(/C=C/c2cn(-c3ccccc3)nc2-c2ccccc2)[nH]o1. The number of hydrogen-bond donors (Lipinski definition) is 1. The molecule has 6 nitrogen and oxygen atoms in total. The molecule has 0 atom stereocenters. The van der Waals surface area contributed by atoms with Crippen molar-refractivity contribution in [3.63, 3.8) is 0 Å². The Morgan fingerprint density at radius 1 is 0.960 bits per heavy atom. The fourth-order valence-corrected chi connectivity index (χ4v) is 2.52. The van der Waals surface area contributed by atoms with Gasteiger partial charge in [-0.2, -0.15) is 15.2 Å². The highest BCUT2D eigenvalue weighted by Crippen LogP contribution is 2.25. The molecular formula is C19H14N4O2. The van der Waals surface area contributed by atoms with E-state index in [9.17, 15) is 4.79 Å². The molecule has 2 heterocycles. The van der Waals surface area contributed by atoms with Gasteiger partial charge >= 0.3 is 5.76 Å². The summed E-state index contributed by atoms with van der Waals surface area (Å²) in [7, 11) is 0. The fourth-order valence-electron chi connectivity index (χ4n) is 2.52. The maximum Gasteiger partial charge on any atom is 0.459 e. The molecule has 0 fully saturated rings. The predicted molar refractivity (Wildman–Crippen MR) is 95.1 cm³/mol. The number of para-hydroxylation sites is 1. The molecule has 0 saturated carbocycles. The molecule has 1 N–H and O–H groups in total. The van der Waals surface area contributed by atoms with E-state index in [1.165, 1.54) is 0 Å². The molecule has 0 bridgehead atoms. The number of hydrogen-bond acceptors (Lipinski definition) is 4. The van der Waals surface area contributed by atoms with E-state index in [1.54, 1.807) is 6.08 Å². The number of H-pyrrole nitrogens is 1. The minimum Gasteiger partial charge on any atom is -0.321 e. The van der Waals surface area contributed by atoms with Crippen LogP contribution in [0.3, 0.4) is 0 Å². The monoisotopic (exact) mass is 330 g/mol. The number of nitrogens with one attached hydrogen (secondary N) is 1. The Morgan fingerprint density at radius 3 is 2.36 bits per heavy atom. The van der Waals surface area contributed by atoms with Gasteiger partial charge in [-0.1, -0.05) is 48.5 Å². The largest absolute Gasteiger partial charge is 0.459 e. The van der Waals surface area contributed by atoms with Gasteiger partial charge in [0.1, 0.15) is 0 Å². The zero-order valence-electron chi connectivity index (χ0n) is 13.2. The molecule has 4 rings (SSSR count). The molecule has 0 aliphatic rings. The van der Waals surface area contributed by atoms with Gasteiger partial charge in [-0.05, 0) is 24.3 Å². The van der Waals surface area contributed by atoms with E-state index in [2.05, 4.69) is 14.7 Å². The highest BCUT2D eigenvalue weighted by Gasteiger charge is 2.10. The molecule has 2 aromatic carbocycles. The van der Waals surface area contributed by atoms with E-state index in [-0.39, 0.29) is 0 Å². The highest BCUT2D eigenvalue weighted by molar-refractivity contribution is 5.77. The van der Waals surface area contributed by atoms with Gasteiger partial charge in [-0.15, -0.1) is 0 Å². The van der Waals surface area contributed by atoms with Crippen LogP contribution in [0.4, 0.5) is 0 Å². The molecule has 4 aromatic rings. The lowest BCUT2D eigenvalue weighted by Gasteiger charge is -2.00. The van der Waals surface area contributed by atoms with Crippen LogP contribution in [0.1, 0.15) is 11.4 Å². The summed E-state index contributed by atoms with van der Waals surface area (Å²) in [4.78, 5) is 14.7. The van der Waals surface area contributed by atoms with Crippen molar-refractivity contribution in [2.75, 3.05) is 0 Å². The molecule has 0 saturated heterocycles. The van der Waals surface area contributed by atoms with Crippen molar-refractivity contribution in [2.45, 2.75) is 0 Å². The Balaban J connectivity index is 1.79. The summed E-state index contributed by atoms with van der Waals surface area (Å²) in [6.45, 7) is 0. The van der Waals surface area contributed by atoms with Crippen LogP contribution in [-0.4, -0.2) is 19.9 Å². The quantitative estimate of drug-likeness (QED) is 0.622. The van der Waals surface area contributed by atoms with E-state index in [0.717, 1.165) is 22.5 Å². The topological polar surface area (TPSA) is 76.7 Å². The predicted octanol–water partition coefficient (Wildman–Crippen LogP) is 3.39. The van der Waals surface area contributed by atoms with Gasteiger partial charge in [-0.25, -0.2) is 9.48 Å². The van der Waals surface area contributed by atoms with E-state index < -0.39 is 5.76 Å². The van der Waals surface area contributed by atoms with Crippen LogP contribution in [0.2, 0.25) is 0 Å². The lowest BCUT2D eigenvalue weighted by molar-refractivity contribution is 0.385. The summed E-state index contributed by atoms with van der Waals surface area (Å²) in [6, 6.07) is 19.8. The second-order valence-electron chi connectivity index (χ2n) is 5.38. The Bertz CT molecular complexity index is 1060. The van der Waals surface area contributed by atoms with Crippen LogP contribution < -0.4 is 5.76 Å². The number of aromatic amines is 1. The molecule has 0 spiro atoms. The molecular weight excluding hydrogens is 316 g/mol. The zero-order valence-corrected chi connectivity index (χ0v) is 13.2. The first-order valence-corrected chi connectivity index (χ1v) is 7.74. The van der Waals surface area contributed by atoms with Crippen LogP contribution in [-0.2, 0) is 0 Å². The Kier molecular flexibility index (Phi) is 3.84. The molecule has 0 aliphatic heterocycles. The van der Waals surface area contributed by atoms with E-state index >= 15 is 0 Å². The van der Waals surface area contributed by atoms with Crippen molar-refractivity contribution in [1.82, 2.24) is 19.9 Å². The minimum absolute atomic E-state index is 0.358. The molecule has 6 heteroatoms. The first kappa shape index (κ1) is 14.9. The van der Waals surface area contributed by atoms with Crippen molar-refractivity contribution < 1.29 is 4.52 Å². The summed E-state index contributed by atoms with van der Waals surface area (Å²) in [5.41, 5.74) is 3.71. The third kappa shape index (κ3) is 3.18. The molecule has 122 valence electrons. The number of rotatable bonds is 4. The van der Waals surface area contributed by atoms with E-state index in [0.29, 0.717) is 5.82 Å². The summed E-state index contributed by atoms with van der Waals surface area (Å²) in [5.74, 6) is -0.292. The average molecular weight is 330 g/mol. The fraction of sp³-hybridized carbons (Fsp3) is 0. The minimum atomic E-state index is -0.650. The van der Waals surface area contributed by atoms with Gasteiger partial charge in [0, 0.05) is 17.3 Å². The van der Waals surface area contributed by atoms with Crippen molar-refractivity contribution in [1.29, 1.82) is 0 Å². The molecule has 0 amide bonds. The van der Waals surface area contributed by atoms with Crippen LogP contribution in [0.25, 0.3) is 29.1 Å². The van der Waals surface area contributed by atoms with Crippen molar-refractivity contribution in [3.05, 3.63) is 88.8 Å². The van der Waals surface area contributed by atoms with Crippen LogP contribution >= 0.6 is 0 Å². The maximum absolute atomic E-state index is 11.0. The smallest absolute Gasteiger partial charge is 0.321 e. The maximum atomic E-state index is 11.0. The first-order chi connectivity index (χ1) is 12.3. The Hall–Kier alpha value is -3.67. The average Bonchev–Trinajstić information content (AvgIpc) is 3.28. The van der Waals surface area contributed by atoms with E-state index in [1.807, 2.05) is 77.6 Å². The summed E-state index contributed by atoms with van der Waals surface area (Å²) in [6.07, 6.45) is 5.47. The number of aromatic nitrogens is 4. The lowest BCUT2D eigenvalue weighted by atomic mass is 10.1. The third-order valence-electron chi connectivity index (χ3n) is 3.69. The Labute approximate surface area is 143 Å². The second kappa shape index (κ2) is 6.45. The normalized spacial score (nSPS) is 11.2. The molecule has 2 aromatic heterocycles. The van der Waals surface area contributed by atoms with Crippen LogP contribution in [0.15, 0.2) is 76.2 Å². The summed E-state index contributed by atoms with van der Waals surface area (Å²) in [5, 5.41) is 7.18. The highest BCUT2D eigenvalue weighted by atomic mass is 16.5. The third-order valence-corrected chi connectivity index (χ3v) is 3.69.